The van der Waals surface area contributed by atoms with Crippen LogP contribution >= 0.6 is 11.6 Å². The Labute approximate surface area is 212 Å². The third-order valence-electron chi connectivity index (χ3n) is 5.86. The van der Waals surface area contributed by atoms with E-state index in [0.29, 0.717) is 10.7 Å². The lowest BCUT2D eigenvalue weighted by Crippen LogP contribution is -2.58. The van der Waals surface area contributed by atoms with Gasteiger partial charge in [-0.15, -0.1) is 0 Å². The molecule has 1 aliphatic rings. The summed E-state index contributed by atoms with van der Waals surface area (Å²) >= 11 is 3.57. The number of hydrogen-bond acceptors (Lipinski definition) is 7. The topological polar surface area (TPSA) is 131 Å². The Bertz CT molecular complexity index is 1030. The fraction of sp³-hybridized carbons (Fsp3) is 0.458. The van der Waals surface area contributed by atoms with Crippen molar-refractivity contribution in [1.82, 2.24) is 10.2 Å². The third-order valence-corrected chi connectivity index (χ3v) is 7.16. The van der Waals surface area contributed by atoms with E-state index in [0.717, 1.165) is 32.5 Å². The molecule has 2 aromatic carbocycles. The van der Waals surface area contributed by atoms with Crippen LogP contribution in [0.1, 0.15) is 32.3 Å². The molecule has 3 atom stereocenters. The Balaban J connectivity index is 1.58. The van der Waals surface area contributed by atoms with Gasteiger partial charge in [-0.3, -0.25) is 15.0 Å². The molecule has 2 aromatic rings. The lowest BCUT2D eigenvalue weighted by molar-refractivity contribution is -0.114. The quantitative estimate of drug-likeness (QED) is 0.236. The SMILES string of the molecule is CC(=O)Nc1ccc(O)cc1OC[C@](C)(O)C(NC1CCN(Cc2ccc(Cl)cc2)CC1)S(=O)O. The Morgan fingerprint density at radius 3 is 2.51 bits per heavy atom. The van der Waals surface area contributed by atoms with Gasteiger partial charge in [0.1, 0.15) is 29.1 Å². The lowest BCUT2D eigenvalue weighted by Gasteiger charge is -2.37. The number of carbonyl (C=O) groups is 1. The minimum absolute atomic E-state index is 0.0558. The fourth-order valence-electron chi connectivity index (χ4n) is 4.00. The molecule has 2 unspecified atom stereocenters. The van der Waals surface area contributed by atoms with Crippen LogP contribution in [0.2, 0.25) is 5.02 Å². The van der Waals surface area contributed by atoms with E-state index < -0.39 is 22.1 Å². The summed E-state index contributed by atoms with van der Waals surface area (Å²) < 4.78 is 27.8. The Morgan fingerprint density at radius 2 is 1.91 bits per heavy atom. The highest BCUT2D eigenvalue weighted by Crippen LogP contribution is 2.30. The van der Waals surface area contributed by atoms with Crippen molar-refractivity contribution in [1.29, 1.82) is 0 Å². The Morgan fingerprint density at radius 1 is 1.26 bits per heavy atom. The maximum Gasteiger partial charge on any atom is 0.221 e. The van der Waals surface area contributed by atoms with Crippen LogP contribution in [-0.2, 0) is 22.4 Å². The second-order valence-corrected chi connectivity index (χ2v) is 10.5. The molecule has 1 aliphatic heterocycles. The van der Waals surface area contributed by atoms with Gasteiger partial charge < -0.3 is 24.8 Å². The van der Waals surface area contributed by atoms with E-state index in [-0.39, 0.29) is 30.1 Å². The first kappa shape index (κ1) is 27.4. The first-order valence-electron chi connectivity index (χ1n) is 11.3. The van der Waals surface area contributed by atoms with Crippen LogP contribution in [0.25, 0.3) is 0 Å². The van der Waals surface area contributed by atoms with Crippen LogP contribution in [0.3, 0.4) is 0 Å². The Hall–Kier alpha value is -2.21. The number of amides is 1. The van der Waals surface area contributed by atoms with Crippen molar-refractivity contribution in [2.24, 2.45) is 0 Å². The summed E-state index contributed by atoms with van der Waals surface area (Å²) in [6.07, 6.45) is 1.49. The second-order valence-electron chi connectivity index (χ2n) is 9.01. The van der Waals surface area contributed by atoms with Gasteiger partial charge in [-0.1, -0.05) is 23.7 Å². The van der Waals surface area contributed by atoms with Crippen molar-refractivity contribution in [3.05, 3.63) is 53.1 Å². The number of aromatic hydroxyl groups is 1. The summed E-state index contributed by atoms with van der Waals surface area (Å²) in [6.45, 7) is 4.80. The number of anilines is 1. The molecule has 0 spiro atoms. The predicted octanol–water partition coefficient (Wildman–Crippen LogP) is 2.94. The van der Waals surface area contributed by atoms with Gasteiger partial charge in [-0.25, -0.2) is 4.21 Å². The Kier molecular flexibility index (Phi) is 9.51. The van der Waals surface area contributed by atoms with Crippen LogP contribution in [0.15, 0.2) is 42.5 Å². The number of nitrogens with one attached hydrogen (secondary N) is 2. The minimum Gasteiger partial charge on any atom is -0.508 e. The molecule has 9 nitrogen and oxygen atoms in total. The van der Waals surface area contributed by atoms with Gasteiger partial charge in [0.05, 0.1) is 5.69 Å². The summed E-state index contributed by atoms with van der Waals surface area (Å²) in [5, 5.41) is 26.1. The molecule has 5 N–H and O–H groups in total. The zero-order valence-electron chi connectivity index (χ0n) is 19.7. The number of benzene rings is 2. The molecule has 35 heavy (non-hydrogen) atoms. The zero-order chi connectivity index (χ0) is 25.6. The number of piperidine rings is 1. The highest BCUT2D eigenvalue weighted by molar-refractivity contribution is 7.79. The van der Waals surface area contributed by atoms with Crippen LogP contribution in [0.4, 0.5) is 5.69 Å². The lowest BCUT2D eigenvalue weighted by atomic mass is 10.0. The molecule has 192 valence electrons. The number of carbonyl (C=O) groups excluding carboxylic acids is 1. The normalized spacial score (nSPS) is 18.4. The minimum atomic E-state index is -2.38. The highest BCUT2D eigenvalue weighted by atomic mass is 35.5. The van der Waals surface area contributed by atoms with E-state index in [1.165, 1.54) is 37.6 Å². The molecule has 0 aliphatic carbocycles. The summed E-state index contributed by atoms with van der Waals surface area (Å²) in [7, 11) is 0. The van der Waals surface area contributed by atoms with E-state index in [4.69, 9.17) is 16.3 Å². The van der Waals surface area contributed by atoms with E-state index in [2.05, 4.69) is 15.5 Å². The van der Waals surface area contributed by atoms with Gasteiger partial charge in [0.2, 0.25) is 5.91 Å². The maximum absolute atomic E-state index is 12.1. The number of phenols is 1. The number of aliphatic hydroxyl groups is 1. The molecular weight excluding hydrogens is 494 g/mol. The van der Waals surface area contributed by atoms with Crippen molar-refractivity contribution in [2.45, 2.75) is 50.3 Å². The number of likely N-dealkylation sites (tertiary alicyclic amines) is 1. The highest BCUT2D eigenvalue weighted by Gasteiger charge is 2.39. The summed E-state index contributed by atoms with van der Waals surface area (Å²) in [5.41, 5.74) is -0.242. The number of nitrogens with zero attached hydrogens (tertiary/aromatic N) is 1. The zero-order valence-corrected chi connectivity index (χ0v) is 21.3. The molecule has 1 fully saturated rings. The van der Waals surface area contributed by atoms with Crippen LogP contribution < -0.4 is 15.4 Å². The smallest absolute Gasteiger partial charge is 0.221 e. The summed E-state index contributed by atoms with van der Waals surface area (Å²) in [5.74, 6) is -0.274. The number of halogens is 1. The molecule has 0 saturated carbocycles. The summed E-state index contributed by atoms with van der Waals surface area (Å²) in [6, 6.07) is 11.8. The van der Waals surface area contributed by atoms with Gasteiger partial charge >= 0.3 is 0 Å². The van der Waals surface area contributed by atoms with Crippen molar-refractivity contribution in [2.75, 3.05) is 25.0 Å². The molecule has 0 radical (unpaired) electrons. The molecule has 1 saturated heterocycles. The van der Waals surface area contributed by atoms with E-state index in [1.54, 1.807) is 0 Å². The van der Waals surface area contributed by atoms with Crippen LogP contribution in [0.5, 0.6) is 11.5 Å². The van der Waals surface area contributed by atoms with Crippen molar-refractivity contribution in [3.8, 4) is 11.5 Å². The largest absolute Gasteiger partial charge is 0.508 e. The van der Waals surface area contributed by atoms with Gasteiger partial charge in [0, 0.05) is 30.6 Å². The number of ether oxygens (including phenoxy) is 1. The fourth-order valence-corrected chi connectivity index (χ4v) is 4.93. The van der Waals surface area contributed by atoms with Crippen molar-refractivity contribution >= 4 is 34.3 Å². The van der Waals surface area contributed by atoms with E-state index in [9.17, 15) is 23.8 Å². The first-order valence-corrected chi connectivity index (χ1v) is 12.9. The molecule has 0 bridgehead atoms. The second kappa shape index (κ2) is 12.2. The van der Waals surface area contributed by atoms with Gasteiger partial charge in [-0.2, -0.15) is 0 Å². The molecule has 11 heteroatoms. The average molecular weight is 526 g/mol. The van der Waals surface area contributed by atoms with E-state index >= 15 is 0 Å². The predicted molar refractivity (Wildman–Crippen MR) is 136 cm³/mol. The molecule has 3 rings (SSSR count). The molecule has 1 amide bonds. The average Bonchev–Trinajstić information content (AvgIpc) is 2.79. The maximum atomic E-state index is 12.1. The van der Waals surface area contributed by atoms with Crippen molar-refractivity contribution < 1.29 is 28.5 Å². The van der Waals surface area contributed by atoms with Crippen LogP contribution in [-0.4, -0.2) is 66.5 Å². The monoisotopic (exact) mass is 525 g/mol. The number of rotatable bonds is 10. The van der Waals surface area contributed by atoms with Gasteiger partial charge in [-0.05, 0) is 62.7 Å². The standard InChI is InChI=1S/C24H32ClN3O6S/c1-16(29)26-21-8-7-20(30)13-22(21)34-15-24(2,31)23(35(32)33)27-19-9-11-28(12-10-19)14-17-3-5-18(25)6-4-17/h3-8,13,19,23,27,30-31H,9-12,14-15H2,1-2H3,(H,26,29)(H,32,33)/t23?,24-/m0/s1. The number of phenolic OH excluding ortho intramolecular Hbond substituents is 1. The molecule has 1 heterocycles. The van der Waals surface area contributed by atoms with Gasteiger partial charge in [0.25, 0.3) is 0 Å². The molecular formula is C24H32ClN3O6S. The van der Waals surface area contributed by atoms with Gasteiger partial charge in [0.15, 0.2) is 11.1 Å². The van der Waals surface area contributed by atoms with Crippen LogP contribution in [0, 0.1) is 0 Å². The third kappa shape index (κ3) is 8.16. The molecule has 0 aromatic heterocycles. The van der Waals surface area contributed by atoms with E-state index in [1.807, 2.05) is 24.3 Å². The summed E-state index contributed by atoms with van der Waals surface area (Å²) in [4.78, 5) is 13.7. The number of hydrogen-bond donors (Lipinski definition) is 5. The first-order chi connectivity index (χ1) is 16.5. The van der Waals surface area contributed by atoms with Crippen molar-refractivity contribution in [3.63, 3.8) is 0 Å².